The number of hydrogen-bond donors (Lipinski definition) is 1. The highest BCUT2D eigenvalue weighted by atomic mass is 16.5. The van der Waals surface area contributed by atoms with Crippen molar-refractivity contribution in [1.82, 2.24) is 19.8 Å². The third-order valence-corrected chi connectivity index (χ3v) is 5.08. The highest BCUT2D eigenvalue weighted by Crippen LogP contribution is 2.25. The molecule has 6 nitrogen and oxygen atoms in total. The van der Waals surface area contributed by atoms with E-state index >= 15 is 0 Å². The zero-order valence-electron chi connectivity index (χ0n) is 16.6. The Morgan fingerprint density at radius 2 is 1.97 bits per heavy atom. The maximum Gasteiger partial charge on any atom is 0.317 e. The van der Waals surface area contributed by atoms with Gasteiger partial charge in [0.2, 0.25) is 0 Å². The smallest absolute Gasteiger partial charge is 0.317 e. The number of imidazole rings is 1. The Bertz CT molecular complexity index is 927. The molecule has 1 aromatic heterocycles. The minimum absolute atomic E-state index is 0.00165. The van der Waals surface area contributed by atoms with Crippen LogP contribution < -0.4 is 5.32 Å². The number of morpholine rings is 1. The molecule has 3 aromatic rings. The quantitative estimate of drug-likeness (QED) is 0.724. The first-order valence-corrected chi connectivity index (χ1v) is 9.94. The summed E-state index contributed by atoms with van der Waals surface area (Å²) in [5, 5.41) is 3.06. The highest BCUT2D eigenvalue weighted by molar-refractivity contribution is 5.74. The van der Waals surface area contributed by atoms with E-state index in [1.165, 1.54) is 5.56 Å². The molecule has 150 valence electrons. The van der Waals surface area contributed by atoms with E-state index in [1.807, 2.05) is 65.1 Å². The molecule has 0 aliphatic carbocycles. The summed E-state index contributed by atoms with van der Waals surface area (Å²) in [6, 6.07) is 18.3. The molecule has 6 heteroatoms. The van der Waals surface area contributed by atoms with Gasteiger partial charge in [0.1, 0.15) is 6.10 Å². The molecule has 2 atom stereocenters. The Balaban J connectivity index is 1.35. The van der Waals surface area contributed by atoms with Gasteiger partial charge in [-0.15, -0.1) is 0 Å². The molecule has 1 aliphatic rings. The van der Waals surface area contributed by atoms with Crippen LogP contribution in [0.3, 0.4) is 0 Å². The lowest BCUT2D eigenvalue weighted by Gasteiger charge is -2.37. The van der Waals surface area contributed by atoms with E-state index in [0.717, 1.165) is 17.7 Å². The number of benzene rings is 2. The first-order chi connectivity index (χ1) is 14.2. The first-order valence-electron chi connectivity index (χ1n) is 9.94. The summed E-state index contributed by atoms with van der Waals surface area (Å²) in [5.41, 5.74) is 3.36. The predicted molar refractivity (Wildman–Crippen MR) is 111 cm³/mol. The maximum absolute atomic E-state index is 12.8. The predicted octanol–water partition coefficient (Wildman–Crippen LogP) is 3.60. The molecule has 4 rings (SSSR count). The van der Waals surface area contributed by atoms with E-state index in [1.54, 1.807) is 12.5 Å². The highest BCUT2D eigenvalue weighted by Gasteiger charge is 2.29. The topological polar surface area (TPSA) is 59.4 Å². The van der Waals surface area contributed by atoms with Crippen molar-refractivity contribution >= 4 is 6.03 Å². The Morgan fingerprint density at radius 1 is 1.14 bits per heavy atom. The van der Waals surface area contributed by atoms with E-state index in [2.05, 4.69) is 22.4 Å². The molecule has 1 saturated heterocycles. The van der Waals surface area contributed by atoms with Gasteiger partial charge in [0.05, 0.1) is 19.0 Å². The molecule has 2 amide bonds. The summed E-state index contributed by atoms with van der Waals surface area (Å²) >= 11 is 0. The lowest BCUT2D eigenvalue weighted by molar-refractivity contribution is -0.0657. The lowest BCUT2D eigenvalue weighted by Crippen LogP contribution is -2.49. The second-order valence-corrected chi connectivity index (χ2v) is 7.46. The van der Waals surface area contributed by atoms with Crippen molar-refractivity contribution < 1.29 is 9.53 Å². The summed E-state index contributed by atoms with van der Waals surface area (Å²) in [4.78, 5) is 18.7. The van der Waals surface area contributed by atoms with Crippen LogP contribution >= 0.6 is 0 Å². The summed E-state index contributed by atoms with van der Waals surface area (Å²) in [7, 11) is 0. The monoisotopic (exact) mass is 390 g/mol. The minimum atomic E-state index is -0.0933. The Kier molecular flexibility index (Phi) is 5.91. The number of ether oxygens (including phenoxy) is 1. The molecular formula is C23H26N4O2. The molecule has 2 heterocycles. The number of aromatic nitrogens is 2. The first kappa shape index (κ1) is 19.2. The van der Waals surface area contributed by atoms with Gasteiger partial charge in [-0.1, -0.05) is 54.6 Å². The molecule has 0 saturated carbocycles. The molecule has 1 aliphatic heterocycles. The van der Waals surface area contributed by atoms with Gasteiger partial charge in [-0.25, -0.2) is 9.78 Å². The zero-order valence-corrected chi connectivity index (χ0v) is 16.6. The van der Waals surface area contributed by atoms with Crippen LogP contribution in [0.25, 0.3) is 0 Å². The van der Waals surface area contributed by atoms with Crippen molar-refractivity contribution in [2.75, 3.05) is 13.1 Å². The van der Waals surface area contributed by atoms with Crippen molar-refractivity contribution in [3.8, 4) is 0 Å². The van der Waals surface area contributed by atoms with Crippen LogP contribution in [-0.2, 0) is 17.8 Å². The molecule has 0 radical (unpaired) electrons. The fraction of sp³-hybridized carbons (Fsp3) is 0.304. The molecule has 2 unspecified atom stereocenters. The molecule has 0 spiro atoms. The molecular weight excluding hydrogens is 364 g/mol. The fourth-order valence-corrected chi connectivity index (χ4v) is 3.69. The molecule has 29 heavy (non-hydrogen) atoms. The van der Waals surface area contributed by atoms with Crippen molar-refractivity contribution in [1.29, 1.82) is 0 Å². The van der Waals surface area contributed by atoms with Crippen LogP contribution in [0.15, 0.2) is 73.3 Å². The second-order valence-electron chi connectivity index (χ2n) is 7.46. The number of carbonyl (C=O) groups excluding carboxylic acids is 1. The number of nitrogens with zero attached hydrogens (tertiary/aromatic N) is 3. The molecule has 0 bridgehead atoms. The fourth-order valence-electron chi connectivity index (χ4n) is 3.69. The van der Waals surface area contributed by atoms with Crippen LogP contribution in [0, 0.1) is 0 Å². The molecule has 2 aromatic carbocycles. The second kappa shape index (κ2) is 8.92. The van der Waals surface area contributed by atoms with E-state index in [4.69, 9.17) is 4.74 Å². The number of nitrogens with one attached hydrogen (secondary N) is 1. The number of rotatable bonds is 5. The van der Waals surface area contributed by atoms with E-state index in [0.29, 0.717) is 19.6 Å². The summed E-state index contributed by atoms with van der Waals surface area (Å²) in [5.74, 6) is 0. The minimum Gasteiger partial charge on any atom is -0.367 e. The van der Waals surface area contributed by atoms with Gasteiger partial charge >= 0.3 is 6.03 Å². The summed E-state index contributed by atoms with van der Waals surface area (Å²) < 4.78 is 8.08. The van der Waals surface area contributed by atoms with Crippen molar-refractivity contribution in [3.05, 3.63) is 90.0 Å². The Labute approximate surface area is 171 Å². The third kappa shape index (κ3) is 5.03. The van der Waals surface area contributed by atoms with Gasteiger partial charge in [0.15, 0.2) is 0 Å². The SMILES string of the molecule is CC1CN(C(=O)NCc2cccc(Cn3ccnc3)c2)CC(c2ccccc2)O1. The zero-order chi connectivity index (χ0) is 20.1. The number of amides is 2. The normalized spacial score (nSPS) is 19.1. The standard InChI is InChI=1S/C23H26N4O2/c1-18-14-27(16-22(29-18)21-8-3-2-4-9-21)23(28)25-13-19-6-5-7-20(12-19)15-26-11-10-24-17-26/h2-12,17-18,22H,13-16H2,1H3,(H,25,28). The Hall–Kier alpha value is -3.12. The van der Waals surface area contributed by atoms with Crippen molar-refractivity contribution in [2.45, 2.75) is 32.2 Å². The van der Waals surface area contributed by atoms with Crippen LogP contribution in [0.4, 0.5) is 4.79 Å². The van der Waals surface area contributed by atoms with Crippen LogP contribution in [0.1, 0.15) is 29.7 Å². The molecule has 1 N–H and O–H groups in total. The largest absolute Gasteiger partial charge is 0.367 e. The van der Waals surface area contributed by atoms with E-state index in [-0.39, 0.29) is 18.2 Å². The average molecular weight is 390 g/mol. The van der Waals surface area contributed by atoms with Crippen LogP contribution in [0.2, 0.25) is 0 Å². The van der Waals surface area contributed by atoms with Gasteiger partial charge < -0.3 is 19.5 Å². The van der Waals surface area contributed by atoms with Gasteiger partial charge in [-0.2, -0.15) is 0 Å². The third-order valence-electron chi connectivity index (χ3n) is 5.08. The number of hydrogen-bond acceptors (Lipinski definition) is 3. The molecule has 1 fully saturated rings. The Morgan fingerprint density at radius 3 is 2.76 bits per heavy atom. The van der Waals surface area contributed by atoms with Gasteiger partial charge in [-0.05, 0) is 23.6 Å². The van der Waals surface area contributed by atoms with E-state index < -0.39 is 0 Å². The van der Waals surface area contributed by atoms with Crippen LogP contribution in [0.5, 0.6) is 0 Å². The number of carbonyl (C=O) groups is 1. The maximum atomic E-state index is 12.8. The van der Waals surface area contributed by atoms with Crippen LogP contribution in [-0.4, -0.2) is 39.7 Å². The number of urea groups is 1. The van der Waals surface area contributed by atoms with Crippen molar-refractivity contribution in [2.24, 2.45) is 0 Å². The summed E-state index contributed by atoms with van der Waals surface area (Å²) in [6.07, 6.45) is 5.42. The lowest BCUT2D eigenvalue weighted by atomic mass is 10.1. The van der Waals surface area contributed by atoms with Gasteiger partial charge in [-0.3, -0.25) is 0 Å². The average Bonchev–Trinajstić information content (AvgIpc) is 3.25. The van der Waals surface area contributed by atoms with E-state index in [9.17, 15) is 4.79 Å². The van der Waals surface area contributed by atoms with Crippen molar-refractivity contribution in [3.63, 3.8) is 0 Å². The van der Waals surface area contributed by atoms with Gasteiger partial charge in [0.25, 0.3) is 0 Å². The summed E-state index contributed by atoms with van der Waals surface area (Å²) in [6.45, 7) is 4.42. The van der Waals surface area contributed by atoms with Gasteiger partial charge in [0, 0.05) is 32.0 Å².